The minimum Gasteiger partial charge on any atom is -0.314 e. The van der Waals surface area contributed by atoms with E-state index in [2.05, 4.69) is 53.4 Å². The predicted octanol–water partition coefficient (Wildman–Crippen LogP) is 2.42. The highest BCUT2D eigenvalue weighted by Gasteiger charge is 2.28. The summed E-state index contributed by atoms with van der Waals surface area (Å²) < 4.78 is 0. The van der Waals surface area contributed by atoms with Crippen LogP contribution in [0.4, 0.5) is 0 Å². The summed E-state index contributed by atoms with van der Waals surface area (Å²) in [5.74, 6) is 0. The molecule has 108 valence electrons. The largest absolute Gasteiger partial charge is 0.314 e. The van der Waals surface area contributed by atoms with Gasteiger partial charge in [-0.15, -0.1) is 11.3 Å². The molecule has 1 aliphatic heterocycles. The maximum absolute atomic E-state index is 3.49. The van der Waals surface area contributed by atoms with Crippen molar-refractivity contribution in [2.45, 2.75) is 32.9 Å². The maximum Gasteiger partial charge on any atom is 0.0572 e. The molecule has 1 aliphatic rings. The monoisotopic (exact) mass is 281 g/mol. The third kappa shape index (κ3) is 3.78. The summed E-state index contributed by atoms with van der Waals surface area (Å²) in [4.78, 5) is 6.74. The van der Waals surface area contributed by atoms with Gasteiger partial charge in [0.2, 0.25) is 0 Å². The average molecular weight is 281 g/mol. The van der Waals surface area contributed by atoms with Gasteiger partial charge in [0, 0.05) is 37.1 Å². The molecule has 2 rings (SSSR count). The summed E-state index contributed by atoms with van der Waals surface area (Å²) in [7, 11) is 0. The molecule has 1 aromatic heterocycles. The Hall–Kier alpha value is -0.420. The van der Waals surface area contributed by atoms with Gasteiger partial charge in [-0.05, 0) is 31.5 Å². The van der Waals surface area contributed by atoms with E-state index in [1.807, 2.05) is 11.3 Å². The Bertz CT molecular complexity index is 348. The Kier molecular flexibility index (Phi) is 5.82. The summed E-state index contributed by atoms with van der Waals surface area (Å²) in [5.41, 5.74) is 0. The molecule has 3 nitrogen and oxygen atoms in total. The first-order valence-electron chi connectivity index (χ1n) is 7.48. The van der Waals surface area contributed by atoms with Crippen molar-refractivity contribution in [2.75, 3.05) is 39.3 Å². The summed E-state index contributed by atoms with van der Waals surface area (Å²) in [6, 6.07) is 5.66. The van der Waals surface area contributed by atoms with Gasteiger partial charge in [-0.3, -0.25) is 4.90 Å². The lowest BCUT2D eigenvalue weighted by atomic mass is 10.1. The van der Waals surface area contributed by atoms with Gasteiger partial charge in [0.1, 0.15) is 0 Å². The number of nitrogens with one attached hydrogen (secondary N) is 1. The fourth-order valence-corrected chi connectivity index (χ4v) is 3.72. The van der Waals surface area contributed by atoms with Crippen molar-refractivity contribution in [3.05, 3.63) is 22.4 Å². The average Bonchev–Trinajstić information content (AvgIpc) is 2.95. The van der Waals surface area contributed by atoms with Gasteiger partial charge >= 0.3 is 0 Å². The van der Waals surface area contributed by atoms with Crippen molar-refractivity contribution < 1.29 is 0 Å². The Labute approximate surface area is 121 Å². The van der Waals surface area contributed by atoms with Gasteiger partial charge in [0.05, 0.1) is 6.04 Å². The smallest absolute Gasteiger partial charge is 0.0572 e. The van der Waals surface area contributed by atoms with Crippen molar-refractivity contribution in [3.63, 3.8) is 0 Å². The Morgan fingerprint density at radius 2 is 2.26 bits per heavy atom. The zero-order chi connectivity index (χ0) is 13.7. The van der Waals surface area contributed by atoms with E-state index in [1.165, 1.54) is 4.88 Å². The summed E-state index contributed by atoms with van der Waals surface area (Å²) in [6.07, 6.45) is 0. The van der Waals surface area contributed by atoms with Crippen LogP contribution >= 0.6 is 11.3 Å². The molecule has 0 aromatic carbocycles. The van der Waals surface area contributed by atoms with Crippen LogP contribution in [0, 0.1) is 0 Å². The molecule has 1 N–H and O–H groups in total. The molecular formula is C15H27N3S. The molecule has 1 saturated heterocycles. The van der Waals surface area contributed by atoms with Gasteiger partial charge in [-0.2, -0.15) is 0 Å². The van der Waals surface area contributed by atoms with Gasteiger partial charge in [-0.25, -0.2) is 0 Å². The second-order valence-electron chi connectivity index (χ2n) is 5.31. The fourth-order valence-electron chi connectivity index (χ4n) is 2.89. The number of piperazine rings is 1. The predicted molar refractivity (Wildman–Crippen MR) is 83.9 cm³/mol. The topological polar surface area (TPSA) is 18.5 Å². The molecular weight excluding hydrogens is 254 g/mol. The van der Waals surface area contributed by atoms with Gasteiger partial charge in [-0.1, -0.05) is 19.9 Å². The minimum atomic E-state index is 0.553. The molecule has 0 amide bonds. The van der Waals surface area contributed by atoms with E-state index in [-0.39, 0.29) is 0 Å². The van der Waals surface area contributed by atoms with Crippen LogP contribution in [-0.4, -0.2) is 55.1 Å². The Balaban J connectivity index is 2.13. The molecule has 2 heterocycles. The third-order valence-corrected chi connectivity index (χ3v) is 5.12. The first-order chi connectivity index (χ1) is 9.26. The molecule has 0 radical (unpaired) electrons. The molecule has 1 fully saturated rings. The lowest BCUT2D eigenvalue weighted by Gasteiger charge is -2.41. The first kappa shape index (κ1) is 15.0. The van der Waals surface area contributed by atoms with E-state index >= 15 is 0 Å². The number of hydrogen-bond donors (Lipinski definition) is 1. The van der Waals surface area contributed by atoms with Crippen LogP contribution in [-0.2, 0) is 0 Å². The standard InChI is InChI=1S/C15H27N3S/c1-4-17(5-2)12-14(15-7-6-10-19-15)18-9-8-16-11-13(18)3/h6-7,10,13-14,16H,4-5,8-9,11-12H2,1-3H3. The second kappa shape index (κ2) is 7.39. The lowest BCUT2D eigenvalue weighted by Crippen LogP contribution is -2.52. The van der Waals surface area contributed by atoms with E-state index < -0.39 is 0 Å². The molecule has 0 bridgehead atoms. The van der Waals surface area contributed by atoms with Gasteiger partial charge in [0.15, 0.2) is 0 Å². The summed E-state index contributed by atoms with van der Waals surface area (Å²) >= 11 is 1.90. The Morgan fingerprint density at radius 1 is 1.47 bits per heavy atom. The number of likely N-dealkylation sites (N-methyl/N-ethyl adjacent to an activating group) is 1. The van der Waals surface area contributed by atoms with Crippen LogP contribution in [0.15, 0.2) is 17.5 Å². The van der Waals surface area contributed by atoms with Crippen LogP contribution in [0.25, 0.3) is 0 Å². The zero-order valence-corrected chi connectivity index (χ0v) is 13.2. The number of nitrogens with zero attached hydrogens (tertiary/aromatic N) is 2. The van der Waals surface area contributed by atoms with Crippen molar-refractivity contribution in [1.29, 1.82) is 0 Å². The highest BCUT2D eigenvalue weighted by Crippen LogP contribution is 2.28. The van der Waals surface area contributed by atoms with Crippen LogP contribution in [0.2, 0.25) is 0 Å². The van der Waals surface area contributed by atoms with E-state index in [1.54, 1.807) is 0 Å². The molecule has 2 atom stereocenters. The number of rotatable bonds is 6. The van der Waals surface area contributed by atoms with Crippen LogP contribution < -0.4 is 5.32 Å². The van der Waals surface area contributed by atoms with Crippen molar-refractivity contribution in [1.82, 2.24) is 15.1 Å². The summed E-state index contributed by atoms with van der Waals surface area (Å²) in [5, 5.41) is 5.70. The first-order valence-corrected chi connectivity index (χ1v) is 8.36. The normalized spacial score (nSPS) is 22.8. The number of hydrogen-bond acceptors (Lipinski definition) is 4. The molecule has 0 spiro atoms. The SMILES string of the molecule is CCN(CC)CC(c1cccs1)N1CCNCC1C. The minimum absolute atomic E-state index is 0.553. The summed E-state index contributed by atoms with van der Waals surface area (Å²) in [6.45, 7) is 13.7. The van der Waals surface area contributed by atoms with E-state index in [0.29, 0.717) is 12.1 Å². The quantitative estimate of drug-likeness (QED) is 0.864. The fraction of sp³-hybridized carbons (Fsp3) is 0.733. The second-order valence-corrected chi connectivity index (χ2v) is 6.29. The lowest BCUT2D eigenvalue weighted by molar-refractivity contribution is 0.0890. The van der Waals surface area contributed by atoms with Crippen molar-refractivity contribution in [2.24, 2.45) is 0 Å². The molecule has 0 saturated carbocycles. The van der Waals surface area contributed by atoms with Crippen LogP contribution in [0.1, 0.15) is 31.7 Å². The maximum atomic E-state index is 3.49. The van der Waals surface area contributed by atoms with Gasteiger partial charge in [0.25, 0.3) is 0 Å². The molecule has 1 aromatic rings. The number of thiophene rings is 1. The molecule has 4 heteroatoms. The van der Waals surface area contributed by atoms with Crippen molar-refractivity contribution in [3.8, 4) is 0 Å². The van der Waals surface area contributed by atoms with Crippen molar-refractivity contribution >= 4 is 11.3 Å². The third-order valence-electron chi connectivity index (χ3n) is 4.15. The van der Waals surface area contributed by atoms with E-state index in [4.69, 9.17) is 0 Å². The Morgan fingerprint density at radius 3 is 2.84 bits per heavy atom. The van der Waals surface area contributed by atoms with Crippen LogP contribution in [0.3, 0.4) is 0 Å². The zero-order valence-electron chi connectivity index (χ0n) is 12.4. The van der Waals surface area contributed by atoms with Crippen LogP contribution in [0.5, 0.6) is 0 Å². The molecule has 0 aliphatic carbocycles. The molecule has 2 unspecified atom stereocenters. The van der Waals surface area contributed by atoms with E-state index in [9.17, 15) is 0 Å². The highest BCUT2D eigenvalue weighted by atomic mass is 32.1. The van der Waals surface area contributed by atoms with E-state index in [0.717, 1.165) is 39.3 Å². The van der Waals surface area contributed by atoms with Gasteiger partial charge < -0.3 is 10.2 Å². The highest BCUT2D eigenvalue weighted by molar-refractivity contribution is 7.10. The molecule has 19 heavy (non-hydrogen) atoms.